The molecule has 2 heteroatoms. The van der Waals surface area contributed by atoms with Gasteiger partial charge in [0.2, 0.25) is 0 Å². The van der Waals surface area contributed by atoms with E-state index in [1.165, 1.54) is 37.2 Å². The molecule has 88 valence electrons. The molecule has 0 saturated carbocycles. The van der Waals surface area contributed by atoms with Crippen LogP contribution in [0.1, 0.15) is 25.3 Å². The molecule has 0 amide bonds. The van der Waals surface area contributed by atoms with Crippen LogP contribution in [-0.4, -0.2) is 26.2 Å². The Bertz CT molecular complexity index is 314. The highest BCUT2D eigenvalue weighted by molar-refractivity contribution is 5.48. The van der Waals surface area contributed by atoms with Gasteiger partial charge in [0, 0.05) is 18.8 Å². The van der Waals surface area contributed by atoms with E-state index in [-0.39, 0.29) is 0 Å². The monoisotopic (exact) mass is 218 g/mol. The fourth-order valence-electron chi connectivity index (χ4n) is 2.26. The van der Waals surface area contributed by atoms with E-state index in [4.69, 9.17) is 0 Å². The highest BCUT2D eigenvalue weighted by Crippen LogP contribution is 2.17. The normalized spacial score (nSPS) is 17.9. The maximum absolute atomic E-state index is 3.46. The van der Waals surface area contributed by atoms with Crippen LogP contribution in [0.15, 0.2) is 24.3 Å². The second-order valence-corrected chi connectivity index (χ2v) is 4.47. The summed E-state index contributed by atoms with van der Waals surface area (Å²) in [7, 11) is 0. The van der Waals surface area contributed by atoms with E-state index in [9.17, 15) is 0 Å². The summed E-state index contributed by atoms with van der Waals surface area (Å²) in [4.78, 5) is 2.53. The van der Waals surface area contributed by atoms with Crippen molar-refractivity contribution in [2.45, 2.75) is 26.2 Å². The smallest absolute Gasteiger partial charge is 0.0368 e. The van der Waals surface area contributed by atoms with Gasteiger partial charge in [0.25, 0.3) is 0 Å². The Labute approximate surface area is 98.7 Å². The van der Waals surface area contributed by atoms with E-state index < -0.39 is 0 Å². The molecule has 2 rings (SSSR count). The third-order valence-electron chi connectivity index (χ3n) is 3.25. The zero-order chi connectivity index (χ0) is 11.2. The molecule has 1 aliphatic rings. The molecule has 2 nitrogen and oxygen atoms in total. The summed E-state index contributed by atoms with van der Waals surface area (Å²) in [5, 5.41) is 3.46. The largest absolute Gasteiger partial charge is 0.371 e. The van der Waals surface area contributed by atoms with Crippen molar-refractivity contribution in [2.75, 3.05) is 31.1 Å². The van der Waals surface area contributed by atoms with Crippen molar-refractivity contribution in [3.63, 3.8) is 0 Å². The van der Waals surface area contributed by atoms with Crippen LogP contribution in [0.2, 0.25) is 0 Å². The molecule has 1 aromatic carbocycles. The number of anilines is 1. The molecule has 0 bridgehead atoms. The van der Waals surface area contributed by atoms with Crippen LogP contribution in [0.5, 0.6) is 0 Å². The van der Waals surface area contributed by atoms with Crippen LogP contribution in [0.4, 0.5) is 5.69 Å². The molecule has 0 aliphatic carbocycles. The molecule has 1 aliphatic heterocycles. The minimum atomic E-state index is 1.13. The first kappa shape index (κ1) is 11.5. The number of hydrogen-bond acceptors (Lipinski definition) is 2. The lowest BCUT2D eigenvalue weighted by Crippen LogP contribution is -2.33. The van der Waals surface area contributed by atoms with Gasteiger partial charge < -0.3 is 10.2 Å². The summed E-state index contributed by atoms with van der Waals surface area (Å²) < 4.78 is 0. The first-order valence-electron chi connectivity index (χ1n) is 6.45. The molecule has 0 aromatic heterocycles. The topological polar surface area (TPSA) is 15.3 Å². The minimum absolute atomic E-state index is 1.13. The van der Waals surface area contributed by atoms with E-state index >= 15 is 0 Å². The fourth-order valence-corrected chi connectivity index (χ4v) is 2.26. The van der Waals surface area contributed by atoms with Crippen LogP contribution in [0, 0.1) is 0 Å². The van der Waals surface area contributed by atoms with Gasteiger partial charge >= 0.3 is 0 Å². The van der Waals surface area contributed by atoms with E-state index in [1.54, 1.807) is 0 Å². The number of hydrogen-bond donors (Lipinski definition) is 1. The number of nitrogens with one attached hydrogen (secondary N) is 1. The minimum Gasteiger partial charge on any atom is -0.371 e. The molecule has 16 heavy (non-hydrogen) atoms. The zero-order valence-electron chi connectivity index (χ0n) is 10.2. The molecule has 0 unspecified atom stereocenters. The molecule has 1 aromatic rings. The molecule has 1 heterocycles. The lowest BCUT2D eigenvalue weighted by Gasteiger charge is -2.27. The SMILES string of the molecule is CCc1cccc(N2CCCNCCC2)c1. The van der Waals surface area contributed by atoms with Crippen molar-refractivity contribution in [1.82, 2.24) is 5.32 Å². The molecule has 0 atom stereocenters. The number of nitrogens with zero attached hydrogens (tertiary/aromatic N) is 1. The van der Waals surface area contributed by atoms with Crippen LogP contribution >= 0.6 is 0 Å². The maximum Gasteiger partial charge on any atom is 0.0368 e. The van der Waals surface area contributed by atoms with E-state index in [0.717, 1.165) is 19.5 Å². The highest BCUT2D eigenvalue weighted by Gasteiger charge is 2.08. The number of rotatable bonds is 2. The predicted octanol–water partition coefficient (Wildman–Crippen LogP) is 2.44. The summed E-state index contributed by atoms with van der Waals surface area (Å²) in [5.41, 5.74) is 2.85. The first-order chi connectivity index (χ1) is 7.90. The van der Waals surface area contributed by atoms with Crippen molar-refractivity contribution in [3.8, 4) is 0 Å². The van der Waals surface area contributed by atoms with Gasteiger partial charge in [-0.05, 0) is 50.0 Å². The third kappa shape index (κ3) is 2.99. The van der Waals surface area contributed by atoms with Crippen LogP contribution in [-0.2, 0) is 6.42 Å². The van der Waals surface area contributed by atoms with Crippen molar-refractivity contribution in [3.05, 3.63) is 29.8 Å². The maximum atomic E-state index is 3.46. The summed E-state index contributed by atoms with van der Waals surface area (Å²) in [6.07, 6.45) is 3.62. The highest BCUT2D eigenvalue weighted by atomic mass is 15.1. The lowest BCUT2D eigenvalue weighted by atomic mass is 10.1. The molecule has 1 N–H and O–H groups in total. The predicted molar refractivity (Wildman–Crippen MR) is 70.1 cm³/mol. The van der Waals surface area contributed by atoms with Gasteiger partial charge in [-0.15, -0.1) is 0 Å². The second kappa shape index (κ2) is 5.90. The Hall–Kier alpha value is -1.02. The zero-order valence-corrected chi connectivity index (χ0v) is 10.2. The Morgan fingerprint density at radius 2 is 1.94 bits per heavy atom. The number of benzene rings is 1. The van der Waals surface area contributed by atoms with Crippen molar-refractivity contribution < 1.29 is 0 Å². The third-order valence-corrected chi connectivity index (χ3v) is 3.25. The Kier molecular flexibility index (Phi) is 4.23. The number of aryl methyl sites for hydroxylation is 1. The Morgan fingerprint density at radius 1 is 1.19 bits per heavy atom. The van der Waals surface area contributed by atoms with Crippen LogP contribution < -0.4 is 10.2 Å². The Balaban J connectivity index is 2.07. The van der Waals surface area contributed by atoms with Gasteiger partial charge in [-0.25, -0.2) is 0 Å². The molecular formula is C14H22N2. The molecule has 1 saturated heterocycles. The summed E-state index contributed by atoms with van der Waals surface area (Å²) >= 11 is 0. The molecular weight excluding hydrogens is 196 g/mol. The fraction of sp³-hybridized carbons (Fsp3) is 0.571. The van der Waals surface area contributed by atoms with E-state index in [2.05, 4.69) is 41.4 Å². The van der Waals surface area contributed by atoms with Gasteiger partial charge in [-0.2, -0.15) is 0 Å². The van der Waals surface area contributed by atoms with Gasteiger partial charge in [0.05, 0.1) is 0 Å². The molecule has 1 fully saturated rings. The first-order valence-corrected chi connectivity index (χ1v) is 6.45. The van der Waals surface area contributed by atoms with Crippen molar-refractivity contribution >= 4 is 5.69 Å². The van der Waals surface area contributed by atoms with E-state index in [0.29, 0.717) is 0 Å². The second-order valence-electron chi connectivity index (χ2n) is 4.47. The standard InChI is InChI=1S/C14H22N2/c1-2-13-6-3-7-14(12-13)16-10-4-8-15-9-5-11-16/h3,6-7,12,15H,2,4-5,8-11H2,1H3. The van der Waals surface area contributed by atoms with Crippen molar-refractivity contribution in [2.24, 2.45) is 0 Å². The average Bonchev–Trinajstić information content (AvgIpc) is 2.29. The Morgan fingerprint density at radius 3 is 2.62 bits per heavy atom. The molecule has 0 spiro atoms. The quantitative estimate of drug-likeness (QED) is 0.820. The van der Waals surface area contributed by atoms with Crippen LogP contribution in [0.3, 0.4) is 0 Å². The van der Waals surface area contributed by atoms with Crippen LogP contribution in [0.25, 0.3) is 0 Å². The van der Waals surface area contributed by atoms with Gasteiger partial charge in [0.15, 0.2) is 0 Å². The van der Waals surface area contributed by atoms with Crippen molar-refractivity contribution in [1.29, 1.82) is 0 Å². The van der Waals surface area contributed by atoms with E-state index in [1.807, 2.05) is 0 Å². The summed E-state index contributed by atoms with van der Waals surface area (Å²) in [6, 6.07) is 8.99. The lowest BCUT2D eigenvalue weighted by molar-refractivity contribution is 0.567. The van der Waals surface area contributed by atoms with Gasteiger partial charge in [-0.3, -0.25) is 0 Å². The summed E-state index contributed by atoms with van der Waals surface area (Å²) in [5.74, 6) is 0. The van der Waals surface area contributed by atoms with Gasteiger partial charge in [-0.1, -0.05) is 19.1 Å². The van der Waals surface area contributed by atoms with Gasteiger partial charge in [0.1, 0.15) is 0 Å². The summed E-state index contributed by atoms with van der Waals surface area (Å²) in [6.45, 7) is 6.89. The molecule has 0 radical (unpaired) electrons. The average molecular weight is 218 g/mol.